The van der Waals surface area contributed by atoms with E-state index in [2.05, 4.69) is 45.7 Å². The van der Waals surface area contributed by atoms with Crippen molar-refractivity contribution < 1.29 is 4.79 Å². The van der Waals surface area contributed by atoms with Gasteiger partial charge in [-0.1, -0.05) is 47.0 Å². The molecule has 0 saturated heterocycles. The molecule has 1 aliphatic carbocycles. The average molecular weight is 322 g/mol. The zero-order valence-electron chi connectivity index (χ0n) is 14.8. The molecular formula is C19H31NOS. The van der Waals surface area contributed by atoms with Crippen molar-refractivity contribution in [1.82, 2.24) is 4.90 Å². The summed E-state index contributed by atoms with van der Waals surface area (Å²) in [6.07, 6.45) is 6.66. The maximum atomic E-state index is 12.7. The van der Waals surface area contributed by atoms with Crippen LogP contribution in [0, 0.1) is 5.92 Å². The number of hydrogen-bond acceptors (Lipinski definition) is 3. The van der Waals surface area contributed by atoms with E-state index in [0.29, 0.717) is 11.8 Å². The Labute approximate surface area is 139 Å². The Kier molecular flexibility index (Phi) is 5.84. The highest BCUT2D eigenvalue weighted by Crippen LogP contribution is 2.31. The Morgan fingerprint density at radius 3 is 2.45 bits per heavy atom. The molecule has 0 spiro atoms. The molecule has 1 aromatic rings. The van der Waals surface area contributed by atoms with Crippen molar-refractivity contribution >= 4 is 17.1 Å². The lowest BCUT2D eigenvalue weighted by atomic mass is 9.93. The number of thiophene rings is 1. The molecule has 1 aromatic heterocycles. The third-order valence-electron chi connectivity index (χ3n) is 4.80. The van der Waals surface area contributed by atoms with Crippen molar-refractivity contribution in [2.24, 2.45) is 5.92 Å². The van der Waals surface area contributed by atoms with Gasteiger partial charge in [-0.2, -0.15) is 0 Å². The van der Waals surface area contributed by atoms with Crippen LogP contribution >= 0.6 is 11.3 Å². The summed E-state index contributed by atoms with van der Waals surface area (Å²) in [6.45, 7) is 9.57. The van der Waals surface area contributed by atoms with Crippen molar-refractivity contribution in [2.45, 2.75) is 71.3 Å². The monoisotopic (exact) mass is 321 g/mol. The minimum Gasteiger partial charge on any atom is -0.303 e. The summed E-state index contributed by atoms with van der Waals surface area (Å²) in [6, 6.07) is 4.82. The molecule has 0 bridgehead atoms. The van der Waals surface area contributed by atoms with Gasteiger partial charge in [-0.15, -0.1) is 11.3 Å². The molecule has 0 radical (unpaired) electrons. The normalized spacial score (nSPS) is 18.6. The van der Waals surface area contributed by atoms with Crippen molar-refractivity contribution in [3.05, 3.63) is 21.9 Å². The number of carbonyl (C=O) groups excluding carboxylic acids is 1. The molecule has 1 unspecified atom stereocenters. The molecule has 3 heteroatoms. The van der Waals surface area contributed by atoms with Crippen molar-refractivity contribution in [2.75, 3.05) is 13.6 Å². The number of rotatable bonds is 5. The SMILES string of the molecule is CC(CN(C)C1CCCCC1)C(=O)c1ccc(C(C)(C)C)s1. The van der Waals surface area contributed by atoms with E-state index in [1.165, 1.54) is 37.0 Å². The maximum absolute atomic E-state index is 12.7. The van der Waals surface area contributed by atoms with Crippen LogP contribution in [0.3, 0.4) is 0 Å². The van der Waals surface area contributed by atoms with Gasteiger partial charge in [0.05, 0.1) is 4.88 Å². The molecule has 1 fully saturated rings. The van der Waals surface area contributed by atoms with Gasteiger partial charge in [-0.3, -0.25) is 4.79 Å². The molecule has 2 rings (SSSR count). The molecule has 0 aliphatic heterocycles. The van der Waals surface area contributed by atoms with Crippen LogP contribution in [0.2, 0.25) is 0 Å². The van der Waals surface area contributed by atoms with E-state index in [4.69, 9.17) is 0 Å². The number of hydrogen-bond donors (Lipinski definition) is 0. The minimum absolute atomic E-state index is 0.0818. The van der Waals surface area contributed by atoms with Gasteiger partial charge in [0.15, 0.2) is 5.78 Å². The predicted octanol–water partition coefficient (Wildman–Crippen LogP) is 5.13. The molecule has 1 heterocycles. The summed E-state index contributed by atoms with van der Waals surface area (Å²) >= 11 is 1.67. The van der Waals surface area contributed by atoms with E-state index in [9.17, 15) is 4.79 Å². The van der Waals surface area contributed by atoms with Gasteiger partial charge in [0.25, 0.3) is 0 Å². The van der Waals surface area contributed by atoms with Crippen LogP contribution in [0.25, 0.3) is 0 Å². The van der Waals surface area contributed by atoms with Crippen LogP contribution in [0.5, 0.6) is 0 Å². The highest BCUT2D eigenvalue weighted by atomic mass is 32.1. The van der Waals surface area contributed by atoms with Gasteiger partial charge in [-0.05, 0) is 37.4 Å². The first-order chi connectivity index (χ1) is 10.3. The molecular weight excluding hydrogens is 290 g/mol. The Balaban J connectivity index is 1.95. The Morgan fingerprint density at radius 2 is 1.91 bits per heavy atom. The number of carbonyl (C=O) groups is 1. The third kappa shape index (κ3) is 4.42. The molecule has 0 N–H and O–H groups in total. The Bertz CT molecular complexity index is 494. The number of nitrogens with zero attached hydrogens (tertiary/aromatic N) is 1. The average Bonchev–Trinajstić information content (AvgIpc) is 2.97. The molecule has 124 valence electrons. The minimum atomic E-state index is 0.0818. The van der Waals surface area contributed by atoms with Crippen molar-refractivity contribution in [1.29, 1.82) is 0 Å². The molecule has 2 nitrogen and oxygen atoms in total. The fourth-order valence-corrected chi connectivity index (χ4v) is 4.42. The Morgan fingerprint density at radius 1 is 1.27 bits per heavy atom. The smallest absolute Gasteiger partial charge is 0.176 e. The second kappa shape index (κ2) is 7.27. The van der Waals surface area contributed by atoms with Gasteiger partial charge in [0.1, 0.15) is 0 Å². The van der Waals surface area contributed by atoms with Gasteiger partial charge >= 0.3 is 0 Å². The van der Waals surface area contributed by atoms with Crippen LogP contribution in [-0.2, 0) is 5.41 Å². The maximum Gasteiger partial charge on any atom is 0.176 e. The summed E-state index contributed by atoms with van der Waals surface area (Å²) in [5.41, 5.74) is 0.130. The van der Waals surface area contributed by atoms with Crippen LogP contribution < -0.4 is 0 Å². The van der Waals surface area contributed by atoms with Gasteiger partial charge in [-0.25, -0.2) is 0 Å². The lowest BCUT2D eigenvalue weighted by Gasteiger charge is -2.32. The van der Waals surface area contributed by atoms with E-state index in [0.717, 1.165) is 11.4 Å². The molecule has 22 heavy (non-hydrogen) atoms. The first-order valence-electron chi connectivity index (χ1n) is 8.64. The predicted molar refractivity (Wildman–Crippen MR) is 96.0 cm³/mol. The second-order valence-corrected chi connectivity index (χ2v) is 8.99. The fourth-order valence-electron chi connectivity index (χ4n) is 3.30. The highest BCUT2D eigenvalue weighted by molar-refractivity contribution is 7.14. The molecule has 0 aromatic carbocycles. The summed E-state index contributed by atoms with van der Waals surface area (Å²) in [4.78, 5) is 17.3. The molecule has 1 atom stereocenters. The van der Waals surface area contributed by atoms with E-state index >= 15 is 0 Å². The van der Waals surface area contributed by atoms with E-state index in [1.807, 2.05) is 6.07 Å². The Hall–Kier alpha value is -0.670. The lowest BCUT2D eigenvalue weighted by molar-refractivity contribution is 0.0876. The largest absolute Gasteiger partial charge is 0.303 e. The van der Waals surface area contributed by atoms with Gasteiger partial charge in [0, 0.05) is 23.4 Å². The summed E-state index contributed by atoms with van der Waals surface area (Å²) in [7, 11) is 2.19. The first-order valence-corrected chi connectivity index (χ1v) is 9.45. The second-order valence-electron chi connectivity index (χ2n) is 7.91. The highest BCUT2D eigenvalue weighted by Gasteiger charge is 2.25. The molecule has 0 amide bonds. The summed E-state index contributed by atoms with van der Waals surface area (Å²) in [5, 5.41) is 0. The number of ketones is 1. The fraction of sp³-hybridized carbons (Fsp3) is 0.737. The van der Waals surface area contributed by atoms with E-state index in [-0.39, 0.29) is 11.3 Å². The van der Waals surface area contributed by atoms with Crippen LogP contribution in [0.1, 0.15) is 74.3 Å². The van der Waals surface area contributed by atoms with Gasteiger partial charge in [0.2, 0.25) is 0 Å². The van der Waals surface area contributed by atoms with Crippen molar-refractivity contribution in [3.63, 3.8) is 0 Å². The van der Waals surface area contributed by atoms with E-state index < -0.39 is 0 Å². The van der Waals surface area contributed by atoms with Crippen molar-refractivity contribution in [3.8, 4) is 0 Å². The molecule has 1 saturated carbocycles. The summed E-state index contributed by atoms with van der Waals surface area (Å²) in [5.74, 6) is 0.390. The van der Waals surface area contributed by atoms with E-state index in [1.54, 1.807) is 11.3 Å². The molecule has 1 aliphatic rings. The zero-order valence-corrected chi connectivity index (χ0v) is 15.6. The first kappa shape index (κ1) is 17.7. The standard InChI is InChI=1S/C19H31NOS/c1-14(13-20(5)15-9-7-6-8-10-15)18(21)16-11-12-17(22-16)19(2,3)4/h11-12,14-15H,6-10,13H2,1-5H3. The zero-order chi connectivity index (χ0) is 16.3. The lowest BCUT2D eigenvalue weighted by Crippen LogP contribution is -2.38. The topological polar surface area (TPSA) is 20.3 Å². The number of Topliss-reactive ketones (excluding diaryl/α,β-unsaturated/α-hetero) is 1. The van der Waals surface area contributed by atoms with Gasteiger partial charge < -0.3 is 4.90 Å². The van der Waals surface area contributed by atoms with Crippen LogP contribution in [0.15, 0.2) is 12.1 Å². The summed E-state index contributed by atoms with van der Waals surface area (Å²) < 4.78 is 0. The van der Waals surface area contributed by atoms with Crippen LogP contribution in [0.4, 0.5) is 0 Å². The van der Waals surface area contributed by atoms with Crippen LogP contribution in [-0.4, -0.2) is 30.3 Å². The third-order valence-corrected chi connectivity index (χ3v) is 6.32. The quantitative estimate of drug-likeness (QED) is 0.701.